The fourth-order valence-electron chi connectivity index (χ4n) is 3.06. The SMILES string of the molecule is FC(Cc1[nH]ncc1-c1ccncc1)c1ccc(OCc2ccccc2)cc1. The zero-order valence-corrected chi connectivity index (χ0v) is 15.3. The van der Waals surface area contributed by atoms with Crippen LogP contribution >= 0.6 is 0 Å². The third-order valence-corrected chi connectivity index (χ3v) is 4.58. The molecule has 1 atom stereocenters. The van der Waals surface area contributed by atoms with Gasteiger partial charge in [-0.1, -0.05) is 42.5 Å². The van der Waals surface area contributed by atoms with Crippen LogP contribution in [-0.4, -0.2) is 15.2 Å². The Morgan fingerprint density at radius 1 is 0.929 bits per heavy atom. The lowest BCUT2D eigenvalue weighted by atomic mass is 10.0. The molecule has 0 aliphatic carbocycles. The highest BCUT2D eigenvalue weighted by Gasteiger charge is 2.16. The highest BCUT2D eigenvalue weighted by Crippen LogP contribution is 2.29. The molecular weight excluding hydrogens is 353 g/mol. The van der Waals surface area contributed by atoms with E-state index in [1.165, 1.54) is 0 Å². The van der Waals surface area contributed by atoms with Crippen LogP contribution in [-0.2, 0) is 13.0 Å². The third-order valence-electron chi connectivity index (χ3n) is 4.58. The molecule has 1 N–H and O–H groups in total. The zero-order chi connectivity index (χ0) is 19.2. The second-order valence-corrected chi connectivity index (χ2v) is 6.51. The molecule has 0 spiro atoms. The number of pyridine rings is 1. The van der Waals surface area contributed by atoms with Crippen molar-refractivity contribution in [3.05, 3.63) is 102 Å². The summed E-state index contributed by atoms with van der Waals surface area (Å²) in [6, 6.07) is 20.9. The van der Waals surface area contributed by atoms with Crippen LogP contribution < -0.4 is 4.74 Å². The molecule has 1 unspecified atom stereocenters. The van der Waals surface area contributed by atoms with Crippen molar-refractivity contribution < 1.29 is 9.13 Å². The Balaban J connectivity index is 1.40. The predicted octanol–water partition coefficient (Wildman–Crippen LogP) is 5.30. The number of alkyl halides is 1. The summed E-state index contributed by atoms with van der Waals surface area (Å²) in [5.74, 6) is 0.721. The monoisotopic (exact) mass is 373 g/mol. The quantitative estimate of drug-likeness (QED) is 0.478. The van der Waals surface area contributed by atoms with Crippen LogP contribution in [0, 0.1) is 0 Å². The Morgan fingerprint density at radius 2 is 1.68 bits per heavy atom. The van der Waals surface area contributed by atoms with Gasteiger partial charge in [-0.15, -0.1) is 0 Å². The standard InChI is InChI=1S/C23H20FN3O/c24-22(14-23-21(15-26-27-23)18-10-12-25-13-11-18)19-6-8-20(9-7-19)28-16-17-4-2-1-3-5-17/h1-13,15,22H,14,16H2,(H,26,27). The molecule has 0 aliphatic rings. The minimum atomic E-state index is -1.13. The van der Waals surface area contributed by atoms with Gasteiger partial charge in [0.2, 0.25) is 0 Å². The predicted molar refractivity (Wildman–Crippen MR) is 107 cm³/mol. The number of aromatic amines is 1. The van der Waals surface area contributed by atoms with Crippen molar-refractivity contribution in [2.45, 2.75) is 19.2 Å². The van der Waals surface area contributed by atoms with E-state index in [0.717, 1.165) is 28.1 Å². The van der Waals surface area contributed by atoms with E-state index in [2.05, 4.69) is 15.2 Å². The van der Waals surface area contributed by atoms with Gasteiger partial charge in [0.15, 0.2) is 0 Å². The molecule has 0 radical (unpaired) electrons. The smallest absolute Gasteiger partial charge is 0.131 e. The fourth-order valence-corrected chi connectivity index (χ4v) is 3.06. The lowest BCUT2D eigenvalue weighted by Gasteiger charge is -2.11. The van der Waals surface area contributed by atoms with Gasteiger partial charge in [-0.25, -0.2) is 4.39 Å². The third kappa shape index (κ3) is 4.26. The first-order valence-corrected chi connectivity index (χ1v) is 9.13. The molecule has 0 amide bonds. The molecule has 4 rings (SSSR count). The first-order valence-electron chi connectivity index (χ1n) is 9.13. The van der Waals surface area contributed by atoms with Crippen LogP contribution in [0.1, 0.15) is 23.0 Å². The van der Waals surface area contributed by atoms with Crippen molar-refractivity contribution in [1.29, 1.82) is 0 Å². The molecule has 0 bridgehead atoms. The lowest BCUT2D eigenvalue weighted by molar-refractivity contribution is 0.305. The Bertz CT molecular complexity index is 1000. The first-order chi connectivity index (χ1) is 13.8. The van der Waals surface area contributed by atoms with Crippen molar-refractivity contribution >= 4 is 0 Å². The number of hydrogen-bond donors (Lipinski definition) is 1. The Kier molecular flexibility index (Phi) is 5.43. The molecule has 140 valence electrons. The number of nitrogens with one attached hydrogen (secondary N) is 1. The highest BCUT2D eigenvalue weighted by molar-refractivity contribution is 5.64. The molecule has 4 nitrogen and oxygen atoms in total. The minimum absolute atomic E-state index is 0.224. The molecule has 2 aromatic carbocycles. The van der Waals surface area contributed by atoms with Crippen molar-refractivity contribution in [2.24, 2.45) is 0 Å². The van der Waals surface area contributed by atoms with E-state index in [9.17, 15) is 4.39 Å². The summed E-state index contributed by atoms with van der Waals surface area (Å²) in [5.41, 5.74) is 4.34. The Morgan fingerprint density at radius 3 is 2.43 bits per heavy atom. The summed E-state index contributed by atoms with van der Waals surface area (Å²) in [5, 5.41) is 7.00. The van der Waals surface area contributed by atoms with Gasteiger partial charge in [0, 0.05) is 30.1 Å². The van der Waals surface area contributed by atoms with Gasteiger partial charge in [-0.3, -0.25) is 10.1 Å². The molecule has 4 aromatic rings. The van der Waals surface area contributed by atoms with Gasteiger partial charge in [0.1, 0.15) is 18.5 Å². The Hall–Kier alpha value is -3.47. The minimum Gasteiger partial charge on any atom is -0.489 e. The maximum Gasteiger partial charge on any atom is 0.131 e. The van der Waals surface area contributed by atoms with Gasteiger partial charge < -0.3 is 4.74 Å². The van der Waals surface area contributed by atoms with Crippen molar-refractivity contribution in [3.8, 4) is 16.9 Å². The molecule has 28 heavy (non-hydrogen) atoms. The van der Waals surface area contributed by atoms with E-state index in [0.29, 0.717) is 12.2 Å². The summed E-state index contributed by atoms with van der Waals surface area (Å²) in [7, 11) is 0. The van der Waals surface area contributed by atoms with Gasteiger partial charge in [0.05, 0.1) is 6.20 Å². The van der Waals surface area contributed by atoms with Crippen molar-refractivity contribution in [2.75, 3.05) is 0 Å². The topological polar surface area (TPSA) is 50.8 Å². The van der Waals surface area contributed by atoms with E-state index in [-0.39, 0.29) is 6.42 Å². The lowest BCUT2D eigenvalue weighted by Crippen LogP contribution is -2.00. The number of halogens is 1. The maximum atomic E-state index is 14.9. The van der Waals surface area contributed by atoms with Gasteiger partial charge in [-0.2, -0.15) is 5.10 Å². The molecule has 5 heteroatoms. The summed E-state index contributed by atoms with van der Waals surface area (Å²) in [6.07, 6.45) is 4.24. The number of ether oxygens (including phenoxy) is 1. The zero-order valence-electron chi connectivity index (χ0n) is 15.3. The first kappa shape index (κ1) is 17.9. The average Bonchev–Trinajstić information content (AvgIpc) is 3.22. The summed E-state index contributed by atoms with van der Waals surface area (Å²) in [6.45, 7) is 0.489. The molecule has 0 fully saturated rings. The van der Waals surface area contributed by atoms with Crippen LogP contribution in [0.25, 0.3) is 11.1 Å². The molecular formula is C23H20FN3O. The van der Waals surface area contributed by atoms with Gasteiger partial charge >= 0.3 is 0 Å². The maximum absolute atomic E-state index is 14.9. The summed E-state index contributed by atoms with van der Waals surface area (Å²) < 4.78 is 20.6. The molecule has 2 heterocycles. The van der Waals surface area contributed by atoms with Gasteiger partial charge in [-0.05, 0) is 41.0 Å². The number of benzene rings is 2. The summed E-state index contributed by atoms with van der Waals surface area (Å²) in [4.78, 5) is 4.02. The number of rotatable bonds is 7. The van der Waals surface area contributed by atoms with Crippen LogP contribution in [0.15, 0.2) is 85.3 Å². The number of H-pyrrole nitrogens is 1. The van der Waals surface area contributed by atoms with Crippen molar-refractivity contribution in [3.63, 3.8) is 0 Å². The number of nitrogens with zero attached hydrogens (tertiary/aromatic N) is 2. The largest absolute Gasteiger partial charge is 0.489 e. The van der Waals surface area contributed by atoms with E-state index in [1.807, 2.05) is 54.6 Å². The number of aromatic nitrogens is 3. The van der Waals surface area contributed by atoms with E-state index < -0.39 is 6.17 Å². The van der Waals surface area contributed by atoms with E-state index >= 15 is 0 Å². The van der Waals surface area contributed by atoms with Gasteiger partial charge in [0.25, 0.3) is 0 Å². The normalized spacial score (nSPS) is 11.9. The highest BCUT2D eigenvalue weighted by atomic mass is 19.1. The fraction of sp³-hybridized carbons (Fsp3) is 0.130. The Labute approximate surface area is 163 Å². The van der Waals surface area contributed by atoms with E-state index in [4.69, 9.17) is 4.74 Å². The average molecular weight is 373 g/mol. The second-order valence-electron chi connectivity index (χ2n) is 6.51. The number of hydrogen-bond acceptors (Lipinski definition) is 3. The second kappa shape index (κ2) is 8.48. The molecule has 0 aliphatic heterocycles. The van der Waals surface area contributed by atoms with Crippen LogP contribution in [0.4, 0.5) is 4.39 Å². The van der Waals surface area contributed by atoms with E-state index in [1.54, 1.807) is 30.7 Å². The van der Waals surface area contributed by atoms with Crippen LogP contribution in [0.5, 0.6) is 5.75 Å². The van der Waals surface area contributed by atoms with Crippen molar-refractivity contribution in [1.82, 2.24) is 15.2 Å². The molecule has 2 aromatic heterocycles. The molecule has 0 saturated heterocycles. The summed E-state index contributed by atoms with van der Waals surface area (Å²) >= 11 is 0. The molecule has 0 saturated carbocycles. The van der Waals surface area contributed by atoms with Crippen LogP contribution in [0.3, 0.4) is 0 Å². The van der Waals surface area contributed by atoms with Crippen LogP contribution in [0.2, 0.25) is 0 Å².